The Morgan fingerprint density at radius 3 is 2.87 bits per heavy atom. The lowest BCUT2D eigenvalue weighted by atomic mass is 10.0. The first-order chi connectivity index (χ1) is 10.6. The minimum atomic E-state index is -0.102. The van der Waals surface area contributed by atoms with Crippen molar-refractivity contribution >= 4 is 41.5 Å². The molecule has 1 atom stereocenters. The van der Waals surface area contributed by atoms with Gasteiger partial charge in [-0.3, -0.25) is 4.99 Å². The highest BCUT2D eigenvalue weighted by Crippen LogP contribution is 2.24. The fourth-order valence-corrected chi connectivity index (χ4v) is 2.78. The normalized spacial score (nSPS) is 20.9. The van der Waals surface area contributed by atoms with Crippen molar-refractivity contribution in [3.8, 4) is 0 Å². The summed E-state index contributed by atoms with van der Waals surface area (Å²) in [5.74, 6) is 0.848. The van der Waals surface area contributed by atoms with E-state index in [1.54, 1.807) is 0 Å². The molecule has 1 aliphatic heterocycles. The summed E-state index contributed by atoms with van der Waals surface area (Å²) < 4.78 is 5.78. The van der Waals surface area contributed by atoms with Gasteiger partial charge in [-0.15, -0.1) is 24.0 Å². The molecule has 0 aliphatic carbocycles. The van der Waals surface area contributed by atoms with Crippen LogP contribution < -0.4 is 10.6 Å². The molecule has 1 saturated heterocycles. The summed E-state index contributed by atoms with van der Waals surface area (Å²) in [6.07, 6.45) is 3.13. The van der Waals surface area contributed by atoms with Crippen LogP contribution in [0.15, 0.2) is 29.3 Å². The van der Waals surface area contributed by atoms with Crippen LogP contribution in [0.25, 0.3) is 0 Å². The third kappa shape index (κ3) is 7.27. The van der Waals surface area contributed by atoms with Crippen LogP contribution in [0, 0.1) is 0 Å². The van der Waals surface area contributed by atoms with Crippen LogP contribution in [0.3, 0.4) is 0 Å². The molecule has 130 valence electrons. The first-order valence-electron chi connectivity index (χ1n) is 8.02. The quantitative estimate of drug-likeness (QED) is 0.394. The Balaban J connectivity index is 0.00000264. The topological polar surface area (TPSA) is 45.7 Å². The summed E-state index contributed by atoms with van der Waals surface area (Å²) in [6, 6.07) is 7.97. The predicted octanol–water partition coefficient (Wildman–Crippen LogP) is 3.62. The average Bonchev–Trinajstić information content (AvgIpc) is 2.92. The maximum Gasteiger partial charge on any atom is 0.191 e. The molecule has 0 saturated carbocycles. The van der Waals surface area contributed by atoms with E-state index >= 15 is 0 Å². The molecule has 1 unspecified atom stereocenters. The summed E-state index contributed by atoms with van der Waals surface area (Å²) >= 11 is 6.00. The highest BCUT2D eigenvalue weighted by molar-refractivity contribution is 14.0. The standard InChI is InChI=1S/C17H26ClN3O.HI/c1-3-19-16(21-13-17(2)9-5-11-22-17)20-10-8-14-6-4-7-15(18)12-14;/h4,6-7,12H,3,5,8-11,13H2,1-2H3,(H2,19,20,21);1H. The zero-order chi connectivity index (χ0) is 15.8. The van der Waals surface area contributed by atoms with Gasteiger partial charge in [0.2, 0.25) is 0 Å². The molecule has 0 bridgehead atoms. The van der Waals surface area contributed by atoms with Crippen molar-refractivity contribution in [2.75, 3.05) is 26.2 Å². The van der Waals surface area contributed by atoms with Gasteiger partial charge in [0.15, 0.2) is 5.96 Å². The molecule has 0 amide bonds. The number of halogens is 2. The van der Waals surface area contributed by atoms with Gasteiger partial charge in [0.05, 0.1) is 12.1 Å². The first-order valence-corrected chi connectivity index (χ1v) is 8.40. The van der Waals surface area contributed by atoms with Crippen molar-refractivity contribution in [2.45, 2.75) is 38.7 Å². The lowest BCUT2D eigenvalue weighted by Gasteiger charge is -2.21. The number of nitrogens with zero attached hydrogens (tertiary/aromatic N) is 1. The maximum absolute atomic E-state index is 6.00. The zero-order valence-electron chi connectivity index (χ0n) is 13.9. The first kappa shape index (κ1) is 20.5. The third-order valence-corrected chi connectivity index (χ3v) is 4.05. The van der Waals surface area contributed by atoms with Gasteiger partial charge in [0, 0.05) is 24.7 Å². The average molecular weight is 452 g/mol. The summed E-state index contributed by atoms with van der Waals surface area (Å²) in [6.45, 7) is 7.43. The number of benzene rings is 1. The minimum absolute atomic E-state index is 0. The lowest BCUT2D eigenvalue weighted by molar-refractivity contribution is 0.0283. The Labute approximate surface area is 161 Å². The number of guanidine groups is 1. The van der Waals surface area contributed by atoms with Crippen LogP contribution in [-0.4, -0.2) is 37.8 Å². The largest absolute Gasteiger partial charge is 0.373 e. The summed E-state index contributed by atoms with van der Waals surface area (Å²) in [5.41, 5.74) is 1.12. The second kappa shape index (κ2) is 10.4. The van der Waals surface area contributed by atoms with Gasteiger partial charge in [-0.25, -0.2) is 0 Å². The van der Waals surface area contributed by atoms with Gasteiger partial charge >= 0.3 is 0 Å². The fraction of sp³-hybridized carbons (Fsp3) is 0.588. The van der Waals surface area contributed by atoms with Crippen LogP contribution in [0.4, 0.5) is 0 Å². The summed E-state index contributed by atoms with van der Waals surface area (Å²) in [5, 5.41) is 7.43. The van der Waals surface area contributed by atoms with Gasteiger partial charge in [-0.05, 0) is 50.8 Å². The molecule has 23 heavy (non-hydrogen) atoms. The Bertz CT molecular complexity index is 504. The second-order valence-corrected chi connectivity index (χ2v) is 6.34. The molecule has 0 spiro atoms. The second-order valence-electron chi connectivity index (χ2n) is 5.90. The van der Waals surface area contributed by atoms with E-state index in [2.05, 4.69) is 35.5 Å². The molecule has 2 rings (SSSR count). The van der Waals surface area contributed by atoms with E-state index in [0.717, 1.165) is 49.9 Å². The molecule has 1 aliphatic rings. The van der Waals surface area contributed by atoms with E-state index in [4.69, 9.17) is 16.3 Å². The number of ether oxygens (including phenoxy) is 1. The SMILES string of the molecule is CCNC(=NCC1(C)CCCO1)NCCc1cccc(Cl)c1.I. The minimum Gasteiger partial charge on any atom is -0.373 e. The molecule has 2 N–H and O–H groups in total. The highest BCUT2D eigenvalue weighted by Gasteiger charge is 2.29. The number of hydrogen-bond acceptors (Lipinski definition) is 2. The van der Waals surface area contributed by atoms with Gasteiger partial charge in [0.1, 0.15) is 0 Å². The van der Waals surface area contributed by atoms with Crippen molar-refractivity contribution in [3.63, 3.8) is 0 Å². The number of rotatable bonds is 6. The van der Waals surface area contributed by atoms with E-state index < -0.39 is 0 Å². The number of hydrogen-bond donors (Lipinski definition) is 2. The van der Waals surface area contributed by atoms with Crippen molar-refractivity contribution in [1.29, 1.82) is 0 Å². The van der Waals surface area contributed by atoms with Crippen molar-refractivity contribution in [1.82, 2.24) is 10.6 Å². The van der Waals surface area contributed by atoms with Gasteiger partial charge in [-0.2, -0.15) is 0 Å². The monoisotopic (exact) mass is 451 g/mol. The van der Waals surface area contributed by atoms with E-state index in [9.17, 15) is 0 Å². The molecule has 0 aromatic heterocycles. The molecule has 4 nitrogen and oxygen atoms in total. The van der Waals surface area contributed by atoms with Gasteiger partial charge < -0.3 is 15.4 Å². The molecule has 1 heterocycles. The maximum atomic E-state index is 6.00. The van der Waals surface area contributed by atoms with Crippen molar-refractivity contribution < 1.29 is 4.74 Å². The van der Waals surface area contributed by atoms with E-state index in [1.807, 2.05) is 18.2 Å². The zero-order valence-corrected chi connectivity index (χ0v) is 17.0. The third-order valence-electron chi connectivity index (χ3n) is 3.81. The molecule has 1 fully saturated rings. The van der Waals surface area contributed by atoms with E-state index in [1.165, 1.54) is 5.56 Å². The van der Waals surface area contributed by atoms with Crippen LogP contribution in [-0.2, 0) is 11.2 Å². The van der Waals surface area contributed by atoms with Crippen molar-refractivity contribution in [3.05, 3.63) is 34.9 Å². The Hall–Kier alpha value is -0.530. The molecule has 1 aromatic rings. The summed E-state index contributed by atoms with van der Waals surface area (Å²) in [7, 11) is 0. The van der Waals surface area contributed by atoms with E-state index in [0.29, 0.717) is 6.54 Å². The Morgan fingerprint density at radius 2 is 2.22 bits per heavy atom. The molecule has 0 radical (unpaired) electrons. The van der Waals surface area contributed by atoms with Crippen LogP contribution in [0.2, 0.25) is 5.02 Å². The Kier molecular flexibility index (Phi) is 9.24. The molecular formula is C17H27ClIN3O. The van der Waals surface area contributed by atoms with Crippen molar-refractivity contribution in [2.24, 2.45) is 4.99 Å². The molecule has 1 aromatic carbocycles. The Morgan fingerprint density at radius 1 is 1.39 bits per heavy atom. The number of aliphatic imine (C=N–C) groups is 1. The van der Waals surface area contributed by atoms with Gasteiger partial charge in [-0.1, -0.05) is 23.7 Å². The highest BCUT2D eigenvalue weighted by atomic mass is 127. The lowest BCUT2D eigenvalue weighted by Crippen LogP contribution is -2.40. The molecule has 6 heteroatoms. The van der Waals surface area contributed by atoms with Crippen LogP contribution >= 0.6 is 35.6 Å². The predicted molar refractivity (Wildman–Crippen MR) is 108 cm³/mol. The van der Waals surface area contributed by atoms with Gasteiger partial charge in [0.25, 0.3) is 0 Å². The summed E-state index contributed by atoms with van der Waals surface area (Å²) in [4.78, 5) is 4.66. The fourth-order valence-electron chi connectivity index (χ4n) is 2.57. The van der Waals surface area contributed by atoms with E-state index in [-0.39, 0.29) is 29.6 Å². The van der Waals surface area contributed by atoms with Crippen LogP contribution in [0.1, 0.15) is 32.3 Å². The smallest absolute Gasteiger partial charge is 0.191 e. The molecular weight excluding hydrogens is 425 g/mol. The number of nitrogens with one attached hydrogen (secondary N) is 2. The van der Waals surface area contributed by atoms with Crippen LogP contribution in [0.5, 0.6) is 0 Å².